The predicted molar refractivity (Wildman–Crippen MR) is 57.6 cm³/mol. The van der Waals surface area contributed by atoms with Gasteiger partial charge >= 0.3 is 0 Å². The third-order valence-corrected chi connectivity index (χ3v) is 8.54. The van der Waals surface area contributed by atoms with Crippen LogP contribution in [0.15, 0.2) is 11.4 Å². The third kappa shape index (κ3) is 0.973. The van der Waals surface area contributed by atoms with Gasteiger partial charge in [-0.05, 0) is 24.6 Å². The van der Waals surface area contributed by atoms with Crippen LogP contribution in [0.3, 0.4) is 0 Å². The van der Waals surface area contributed by atoms with E-state index in [2.05, 4.69) is 40.4 Å². The molecule has 0 saturated heterocycles. The minimum atomic E-state index is -2.05. The molecule has 74 valence electrons. The van der Waals surface area contributed by atoms with Crippen LogP contribution >= 0.6 is 7.14 Å². The highest BCUT2D eigenvalue weighted by molar-refractivity contribution is 7.70. The monoisotopic (exact) mass is 198 g/mol. The molecule has 1 aliphatic heterocycles. The van der Waals surface area contributed by atoms with Gasteiger partial charge in [0.2, 0.25) is 0 Å². The maximum atomic E-state index is 12.7. The molecule has 2 aliphatic rings. The van der Waals surface area contributed by atoms with Crippen LogP contribution < -0.4 is 0 Å². The van der Waals surface area contributed by atoms with Crippen LogP contribution in [0.1, 0.15) is 41.0 Å². The van der Waals surface area contributed by atoms with Crippen molar-refractivity contribution in [1.29, 1.82) is 0 Å². The van der Waals surface area contributed by atoms with Gasteiger partial charge in [0, 0.05) is 10.8 Å². The number of allylic oxidation sites excluding steroid dienone is 1. The first-order chi connectivity index (χ1) is 5.72. The molecule has 13 heavy (non-hydrogen) atoms. The molecule has 3 unspecified atom stereocenters. The average Bonchev–Trinajstić information content (AvgIpc) is 2.56. The van der Waals surface area contributed by atoms with Crippen molar-refractivity contribution in [2.24, 2.45) is 5.41 Å². The Kier molecular flexibility index (Phi) is 1.56. The molecule has 0 amide bonds. The standard InChI is InChI=1S/C11H19OP/c1-8-7-13(12,10(2,3)4)9-6-11(8,9)5/h7,9H,6H2,1-5H3. The van der Waals surface area contributed by atoms with Gasteiger partial charge in [-0.1, -0.05) is 33.3 Å². The summed E-state index contributed by atoms with van der Waals surface area (Å²) in [5, 5.41) is -0.0345. The largest absolute Gasteiger partial charge is 0.318 e. The van der Waals surface area contributed by atoms with Crippen LogP contribution in [0.5, 0.6) is 0 Å². The molecular weight excluding hydrogens is 179 g/mol. The number of hydrogen-bond acceptors (Lipinski definition) is 1. The summed E-state index contributed by atoms with van der Waals surface area (Å²) in [7, 11) is -2.05. The molecule has 1 heterocycles. The molecule has 2 heteroatoms. The van der Waals surface area contributed by atoms with Gasteiger partial charge in [-0.2, -0.15) is 0 Å². The lowest BCUT2D eigenvalue weighted by Crippen LogP contribution is -2.15. The van der Waals surface area contributed by atoms with E-state index in [1.807, 2.05) is 0 Å². The predicted octanol–water partition coefficient (Wildman–Crippen LogP) is 3.84. The van der Waals surface area contributed by atoms with Gasteiger partial charge in [-0.3, -0.25) is 0 Å². The summed E-state index contributed by atoms with van der Waals surface area (Å²) in [6.07, 6.45) is 1.16. The van der Waals surface area contributed by atoms with E-state index in [-0.39, 0.29) is 5.16 Å². The number of hydrogen-bond donors (Lipinski definition) is 0. The Balaban J connectivity index is 2.47. The van der Waals surface area contributed by atoms with Crippen molar-refractivity contribution in [3.8, 4) is 0 Å². The Morgan fingerprint density at radius 2 is 2.08 bits per heavy atom. The normalized spacial score (nSPS) is 48.7. The fourth-order valence-electron chi connectivity index (χ4n) is 2.51. The molecule has 0 radical (unpaired) electrons. The summed E-state index contributed by atoms with van der Waals surface area (Å²) < 4.78 is 12.7. The first kappa shape index (κ1) is 9.52. The topological polar surface area (TPSA) is 17.1 Å². The summed E-state index contributed by atoms with van der Waals surface area (Å²) in [6.45, 7) is 10.7. The quantitative estimate of drug-likeness (QED) is 0.540. The highest BCUT2D eigenvalue weighted by Crippen LogP contribution is 2.82. The molecule has 1 aliphatic carbocycles. The smallest absolute Gasteiger partial charge is 0.117 e. The van der Waals surface area contributed by atoms with Crippen molar-refractivity contribution in [1.82, 2.24) is 0 Å². The summed E-state index contributed by atoms with van der Waals surface area (Å²) in [6, 6.07) is 0. The van der Waals surface area contributed by atoms with E-state index >= 15 is 0 Å². The Bertz CT molecular complexity index is 334. The van der Waals surface area contributed by atoms with Gasteiger partial charge in [0.1, 0.15) is 7.14 Å². The number of rotatable bonds is 0. The summed E-state index contributed by atoms with van der Waals surface area (Å²) in [5.74, 6) is 2.10. The molecule has 2 rings (SSSR count). The SMILES string of the molecule is CC1=CP(=O)(C(C)(C)C)C2CC12C. The van der Waals surface area contributed by atoms with Gasteiger partial charge in [0.15, 0.2) is 0 Å². The molecule has 0 aromatic heterocycles. The van der Waals surface area contributed by atoms with Gasteiger partial charge in [-0.15, -0.1) is 0 Å². The second-order valence-corrected chi connectivity index (χ2v) is 9.47. The van der Waals surface area contributed by atoms with E-state index in [0.29, 0.717) is 11.1 Å². The molecule has 0 aromatic carbocycles. The molecule has 1 nitrogen and oxygen atoms in total. The van der Waals surface area contributed by atoms with E-state index in [1.54, 1.807) is 0 Å². The van der Waals surface area contributed by atoms with Crippen LogP contribution in [-0.2, 0) is 4.57 Å². The van der Waals surface area contributed by atoms with Crippen molar-refractivity contribution in [3.63, 3.8) is 0 Å². The molecular formula is C11H19OP. The first-order valence-corrected chi connectivity index (χ1v) is 6.86. The minimum Gasteiger partial charge on any atom is -0.318 e. The first-order valence-electron chi connectivity index (χ1n) is 5.01. The number of fused-ring (bicyclic) bond motifs is 1. The highest BCUT2D eigenvalue weighted by atomic mass is 31.2. The third-order valence-electron chi connectivity index (χ3n) is 3.99. The van der Waals surface area contributed by atoms with E-state index in [1.165, 1.54) is 5.57 Å². The maximum absolute atomic E-state index is 12.7. The van der Waals surface area contributed by atoms with Crippen molar-refractivity contribution in [2.45, 2.75) is 51.9 Å². The molecule has 0 N–H and O–H groups in total. The zero-order valence-corrected chi connectivity index (χ0v) is 10.1. The Hall–Kier alpha value is -0.0300. The van der Waals surface area contributed by atoms with Crippen LogP contribution in [-0.4, -0.2) is 10.8 Å². The van der Waals surface area contributed by atoms with Crippen LogP contribution in [0.2, 0.25) is 0 Å². The van der Waals surface area contributed by atoms with E-state index in [4.69, 9.17) is 0 Å². The Morgan fingerprint density at radius 3 is 2.23 bits per heavy atom. The van der Waals surface area contributed by atoms with E-state index < -0.39 is 7.14 Å². The van der Waals surface area contributed by atoms with Crippen molar-refractivity contribution >= 4 is 7.14 Å². The molecule has 0 bridgehead atoms. The fourth-order valence-corrected chi connectivity index (χ4v) is 6.59. The lowest BCUT2D eigenvalue weighted by Gasteiger charge is -2.27. The zero-order chi connectivity index (χ0) is 10.1. The Morgan fingerprint density at radius 1 is 1.54 bits per heavy atom. The molecule has 0 spiro atoms. The van der Waals surface area contributed by atoms with Crippen LogP contribution in [0, 0.1) is 5.41 Å². The lowest BCUT2D eigenvalue weighted by atomic mass is 10.0. The van der Waals surface area contributed by atoms with Crippen molar-refractivity contribution < 1.29 is 4.57 Å². The van der Waals surface area contributed by atoms with Crippen LogP contribution in [0.4, 0.5) is 0 Å². The molecule has 0 aromatic rings. The second-order valence-electron chi connectivity index (χ2n) is 5.83. The second kappa shape index (κ2) is 2.14. The Labute approximate surface area is 81.0 Å². The molecule has 1 fully saturated rings. The van der Waals surface area contributed by atoms with Gasteiger partial charge < -0.3 is 4.57 Å². The van der Waals surface area contributed by atoms with Crippen molar-refractivity contribution in [3.05, 3.63) is 11.4 Å². The molecule has 3 atom stereocenters. The molecule has 1 saturated carbocycles. The summed E-state index contributed by atoms with van der Waals surface area (Å²) in [5.41, 5.74) is 2.15. The summed E-state index contributed by atoms with van der Waals surface area (Å²) >= 11 is 0. The highest BCUT2D eigenvalue weighted by Gasteiger charge is 2.66. The lowest BCUT2D eigenvalue weighted by molar-refractivity contribution is 0.552. The average molecular weight is 198 g/mol. The fraction of sp³-hybridized carbons (Fsp3) is 0.818. The van der Waals surface area contributed by atoms with E-state index in [9.17, 15) is 4.57 Å². The van der Waals surface area contributed by atoms with Gasteiger partial charge in [0.25, 0.3) is 0 Å². The van der Waals surface area contributed by atoms with Crippen LogP contribution in [0.25, 0.3) is 0 Å². The zero-order valence-electron chi connectivity index (χ0n) is 9.22. The van der Waals surface area contributed by atoms with Gasteiger partial charge in [0.05, 0.1) is 0 Å². The summed E-state index contributed by atoms with van der Waals surface area (Å²) in [4.78, 5) is 0. The maximum Gasteiger partial charge on any atom is 0.117 e. The van der Waals surface area contributed by atoms with E-state index in [0.717, 1.165) is 6.42 Å². The minimum absolute atomic E-state index is 0.0345. The van der Waals surface area contributed by atoms with Crippen molar-refractivity contribution in [2.75, 3.05) is 0 Å². The van der Waals surface area contributed by atoms with Gasteiger partial charge in [-0.25, -0.2) is 0 Å².